The SMILES string of the molecule is COc1ccc(NC(=O)N2CCN(c3ccc(-c4cccc(OC)c4)nn3)CC2)cc1. The van der Waals surface area contributed by atoms with Crippen LogP contribution in [-0.4, -0.2) is 61.5 Å². The van der Waals surface area contributed by atoms with Crippen LogP contribution in [-0.2, 0) is 0 Å². The summed E-state index contributed by atoms with van der Waals surface area (Å²) in [5.74, 6) is 2.35. The highest BCUT2D eigenvalue weighted by Crippen LogP contribution is 2.23. The standard InChI is InChI=1S/C23H25N5O3/c1-30-19-8-6-18(7-9-19)24-23(29)28-14-12-27(13-15-28)22-11-10-21(25-26-22)17-4-3-5-20(16-17)31-2/h3-11,16H,12-15H2,1-2H3,(H,24,29). The number of methoxy groups -OCH3 is 2. The number of ether oxygens (including phenoxy) is 2. The number of hydrogen-bond acceptors (Lipinski definition) is 6. The summed E-state index contributed by atoms with van der Waals surface area (Å²) in [4.78, 5) is 16.5. The summed E-state index contributed by atoms with van der Waals surface area (Å²) in [7, 11) is 3.26. The summed E-state index contributed by atoms with van der Waals surface area (Å²) in [5, 5.41) is 11.7. The first-order chi connectivity index (χ1) is 15.2. The molecule has 0 unspecified atom stereocenters. The first-order valence-corrected chi connectivity index (χ1v) is 10.1. The van der Waals surface area contributed by atoms with Crippen molar-refractivity contribution in [2.75, 3.05) is 50.6 Å². The Bertz CT molecular complexity index is 1020. The maximum absolute atomic E-state index is 12.5. The molecule has 1 aliphatic rings. The van der Waals surface area contributed by atoms with E-state index >= 15 is 0 Å². The van der Waals surface area contributed by atoms with E-state index in [1.54, 1.807) is 19.1 Å². The number of nitrogens with one attached hydrogen (secondary N) is 1. The zero-order chi connectivity index (χ0) is 21.6. The summed E-state index contributed by atoms with van der Waals surface area (Å²) in [6.07, 6.45) is 0. The third-order valence-corrected chi connectivity index (χ3v) is 5.25. The molecule has 160 valence electrons. The van der Waals surface area contributed by atoms with Gasteiger partial charge in [-0.05, 0) is 48.5 Å². The predicted molar refractivity (Wildman–Crippen MR) is 120 cm³/mol. The summed E-state index contributed by atoms with van der Waals surface area (Å²) in [5.41, 5.74) is 2.49. The second-order valence-corrected chi connectivity index (χ2v) is 7.14. The number of urea groups is 1. The second kappa shape index (κ2) is 9.34. The predicted octanol–water partition coefficient (Wildman–Crippen LogP) is 3.51. The van der Waals surface area contributed by atoms with Crippen LogP contribution in [0.5, 0.6) is 11.5 Å². The highest BCUT2D eigenvalue weighted by Gasteiger charge is 2.22. The monoisotopic (exact) mass is 419 g/mol. The minimum Gasteiger partial charge on any atom is -0.497 e. The Labute approximate surface area is 181 Å². The Hall–Kier alpha value is -3.81. The van der Waals surface area contributed by atoms with Gasteiger partial charge in [-0.3, -0.25) is 0 Å². The van der Waals surface area contributed by atoms with Crippen LogP contribution in [0.2, 0.25) is 0 Å². The topological polar surface area (TPSA) is 79.8 Å². The van der Waals surface area contributed by atoms with E-state index < -0.39 is 0 Å². The van der Waals surface area contributed by atoms with Gasteiger partial charge in [-0.25, -0.2) is 4.79 Å². The van der Waals surface area contributed by atoms with Crippen LogP contribution in [0, 0.1) is 0 Å². The van der Waals surface area contributed by atoms with Crippen molar-refractivity contribution in [1.82, 2.24) is 15.1 Å². The number of carbonyl (C=O) groups excluding carboxylic acids is 1. The summed E-state index contributed by atoms with van der Waals surface area (Å²) >= 11 is 0. The van der Waals surface area contributed by atoms with Crippen LogP contribution < -0.4 is 19.7 Å². The zero-order valence-corrected chi connectivity index (χ0v) is 17.6. The van der Waals surface area contributed by atoms with E-state index in [-0.39, 0.29) is 6.03 Å². The molecule has 1 saturated heterocycles. The van der Waals surface area contributed by atoms with Gasteiger partial charge in [0.2, 0.25) is 0 Å². The maximum Gasteiger partial charge on any atom is 0.321 e. The highest BCUT2D eigenvalue weighted by molar-refractivity contribution is 5.89. The lowest BCUT2D eigenvalue weighted by Crippen LogP contribution is -2.50. The van der Waals surface area contributed by atoms with Gasteiger partial charge in [0.05, 0.1) is 19.9 Å². The number of amides is 2. The number of aromatic nitrogens is 2. The molecule has 2 heterocycles. The van der Waals surface area contributed by atoms with E-state index in [1.807, 2.05) is 60.7 Å². The molecule has 0 bridgehead atoms. The molecule has 2 aromatic carbocycles. The van der Waals surface area contributed by atoms with Crippen LogP contribution in [0.1, 0.15) is 0 Å². The quantitative estimate of drug-likeness (QED) is 0.682. The Morgan fingerprint density at radius 1 is 0.871 bits per heavy atom. The normalized spacial score (nSPS) is 13.6. The van der Waals surface area contributed by atoms with Crippen LogP contribution in [0.25, 0.3) is 11.3 Å². The summed E-state index contributed by atoms with van der Waals surface area (Å²) in [6, 6.07) is 18.9. The first kappa shape index (κ1) is 20.5. The Balaban J connectivity index is 1.33. The lowest BCUT2D eigenvalue weighted by atomic mass is 10.1. The molecule has 0 aliphatic carbocycles. The van der Waals surface area contributed by atoms with Crippen molar-refractivity contribution in [2.45, 2.75) is 0 Å². The molecule has 1 N–H and O–H groups in total. The largest absolute Gasteiger partial charge is 0.497 e. The van der Waals surface area contributed by atoms with Gasteiger partial charge in [-0.2, -0.15) is 0 Å². The van der Waals surface area contributed by atoms with Gasteiger partial charge in [-0.1, -0.05) is 12.1 Å². The molecule has 1 aliphatic heterocycles. The molecule has 4 rings (SSSR count). The van der Waals surface area contributed by atoms with Gasteiger partial charge in [0.1, 0.15) is 11.5 Å². The van der Waals surface area contributed by atoms with Crippen molar-refractivity contribution in [3.63, 3.8) is 0 Å². The van der Waals surface area contributed by atoms with Gasteiger partial charge in [-0.15, -0.1) is 10.2 Å². The average Bonchev–Trinajstić information content (AvgIpc) is 2.85. The highest BCUT2D eigenvalue weighted by atomic mass is 16.5. The summed E-state index contributed by atoms with van der Waals surface area (Å²) < 4.78 is 10.4. The van der Waals surface area contributed by atoms with Crippen molar-refractivity contribution in [1.29, 1.82) is 0 Å². The minimum absolute atomic E-state index is 0.107. The lowest BCUT2D eigenvalue weighted by Gasteiger charge is -2.35. The fraction of sp³-hybridized carbons (Fsp3) is 0.261. The van der Waals surface area contributed by atoms with E-state index in [4.69, 9.17) is 9.47 Å². The lowest BCUT2D eigenvalue weighted by molar-refractivity contribution is 0.208. The van der Waals surface area contributed by atoms with E-state index in [1.165, 1.54) is 0 Å². The Kier molecular flexibility index (Phi) is 6.16. The Morgan fingerprint density at radius 2 is 1.61 bits per heavy atom. The Morgan fingerprint density at radius 3 is 2.26 bits per heavy atom. The smallest absolute Gasteiger partial charge is 0.321 e. The average molecular weight is 419 g/mol. The van der Waals surface area contributed by atoms with Crippen molar-refractivity contribution in [3.8, 4) is 22.8 Å². The van der Waals surface area contributed by atoms with Crippen molar-refractivity contribution in [2.24, 2.45) is 0 Å². The molecular formula is C23H25N5O3. The van der Waals surface area contributed by atoms with E-state index in [0.29, 0.717) is 26.2 Å². The van der Waals surface area contributed by atoms with Gasteiger partial charge >= 0.3 is 6.03 Å². The molecule has 2 amide bonds. The van der Waals surface area contributed by atoms with Gasteiger partial charge in [0.25, 0.3) is 0 Å². The molecule has 1 aromatic heterocycles. The molecular weight excluding hydrogens is 394 g/mol. The number of piperazine rings is 1. The van der Waals surface area contributed by atoms with Gasteiger partial charge in [0, 0.05) is 37.4 Å². The molecule has 1 fully saturated rings. The molecule has 0 radical (unpaired) electrons. The molecule has 31 heavy (non-hydrogen) atoms. The number of anilines is 2. The third kappa shape index (κ3) is 4.85. The van der Waals surface area contributed by atoms with Gasteiger partial charge < -0.3 is 24.6 Å². The maximum atomic E-state index is 12.5. The second-order valence-electron chi connectivity index (χ2n) is 7.14. The number of benzene rings is 2. The van der Waals surface area contributed by atoms with Gasteiger partial charge in [0.15, 0.2) is 5.82 Å². The fourth-order valence-electron chi connectivity index (χ4n) is 3.45. The fourth-order valence-corrected chi connectivity index (χ4v) is 3.45. The first-order valence-electron chi connectivity index (χ1n) is 10.1. The van der Waals surface area contributed by atoms with Crippen LogP contribution >= 0.6 is 0 Å². The third-order valence-electron chi connectivity index (χ3n) is 5.25. The van der Waals surface area contributed by atoms with Crippen molar-refractivity contribution < 1.29 is 14.3 Å². The number of nitrogens with zero attached hydrogens (tertiary/aromatic N) is 4. The molecule has 8 heteroatoms. The zero-order valence-electron chi connectivity index (χ0n) is 17.6. The molecule has 3 aromatic rings. The number of rotatable bonds is 5. The number of hydrogen-bond donors (Lipinski definition) is 1. The van der Waals surface area contributed by atoms with E-state index in [2.05, 4.69) is 20.4 Å². The summed E-state index contributed by atoms with van der Waals surface area (Å²) in [6.45, 7) is 2.62. The van der Waals surface area contributed by atoms with E-state index in [9.17, 15) is 4.79 Å². The van der Waals surface area contributed by atoms with Crippen molar-refractivity contribution >= 4 is 17.5 Å². The molecule has 0 spiro atoms. The van der Waals surface area contributed by atoms with Crippen molar-refractivity contribution in [3.05, 3.63) is 60.7 Å². The minimum atomic E-state index is -0.107. The van der Waals surface area contributed by atoms with Crippen LogP contribution in [0.4, 0.5) is 16.3 Å². The van der Waals surface area contributed by atoms with Crippen LogP contribution in [0.3, 0.4) is 0 Å². The molecule has 0 atom stereocenters. The molecule has 8 nitrogen and oxygen atoms in total. The number of carbonyl (C=O) groups is 1. The van der Waals surface area contributed by atoms with Crippen LogP contribution in [0.15, 0.2) is 60.7 Å². The van der Waals surface area contributed by atoms with E-state index in [0.717, 1.165) is 34.3 Å². The molecule has 0 saturated carbocycles.